The summed E-state index contributed by atoms with van der Waals surface area (Å²) >= 11 is 0. The molecule has 1 fully saturated rings. The molecule has 0 spiro atoms. The molecule has 49 heavy (non-hydrogen) atoms. The number of sulfonamides is 1. The number of aryl methyl sites for hydroxylation is 1. The Labute approximate surface area is 288 Å². The van der Waals surface area contributed by atoms with Crippen LogP contribution in [0.3, 0.4) is 0 Å². The molecular weight excluding hydrogens is 639 g/mol. The molecule has 10 heteroatoms. The van der Waals surface area contributed by atoms with Crippen LogP contribution in [0.1, 0.15) is 48.8 Å². The summed E-state index contributed by atoms with van der Waals surface area (Å²) in [5.74, 6) is 0.154. The van der Waals surface area contributed by atoms with E-state index in [2.05, 4.69) is 5.32 Å². The first kappa shape index (κ1) is 34.0. The van der Waals surface area contributed by atoms with E-state index in [0.29, 0.717) is 24.7 Å². The predicted octanol–water partition coefficient (Wildman–Crippen LogP) is 6.05. The van der Waals surface area contributed by atoms with Crippen LogP contribution in [-0.2, 0) is 32.6 Å². The summed E-state index contributed by atoms with van der Waals surface area (Å²) in [4.78, 5) is 30.7. The molecule has 1 heterocycles. The number of amides is 2. The zero-order valence-corrected chi connectivity index (χ0v) is 28.6. The Hall–Kier alpha value is -4.83. The predicted molar refractivity (Wildman–Crippen MR) is 189 cm³/mol. The van der Waals surface area contributed by atoms with Gasteiger partial charge < -0.3 is 19.7 Å². The van der Waals surface area contributed by atoms with E-state index in [0.717, 1.165) is 53.1 Å². The molecule has 4 aromatic carbocycles. The zero-order valence-electron chi connectivity index (χ0n) is 27.8. The van der Waals surface area contributed by atoms with Gasteiger partial charge in [-0.05, 0) is 55.2 Å². The van der Waals surface area contributed by atoms with Gasteiger partial charge >= 0.3 is 0 Å². The fraction of sp³-hybridized carbons (Fsp3) is 0.333. The molecule has 2 amide bonds. The maximum Gasteiger partial charge on any atom is 0.264 e. The van der Waals surface area contributed by atoms with Crippen molar-refractivity contribution in [2.24, 2.45) is 0 Å². The fourth-order valence-corrected chi connectivity index (χ4v) is 7.97. The third kappa shape index (κ3) is 8.43. The van der Waals surface area contributed by atoms with Gasteiger partial charge in [-0.1, -0.05) is 97.6 Å². The Morgan fingerprint density at radius 3 is 2.18 bits per heavy atom. The molecule has 0 aromatic heterocycles. The molecular formula is C39H43N3O6S. The van der Waals surface area contributed by atoms with Gasteiger partial charge in [0.15, 0.2) is 11.5 Å². The number of ether oxygens (including phenoxy) is 2. The number of nitrogens with zero attached hydrogens (tertiary/aromatic N) is 2. The van der Waals surface area contributed by atoms with Gasteiger partial charge in [0.1, 0.15) is 25.8 Å². The summed E-state index contributed by atoms with van der Waals surface area (Å²) < 4.78 is 41.2. The lowest BCUT2D eigenvalue weighted by Gasteiger charge is -2.35. The minimum atomic E-state index is -4.23. The van der Waals surface area contributed by atoms with Crippen LogP contribution >= 0.6 is 0 Å². The van der Waals surface area contributed by atoms with Crippen LogP contribution in [0.5, 0.6) is 11.5 Å². The highest BCUT2D eigenvalue weighted by atomic mass is 32.2. The van der Waals surface area contributed by atoms with Crippen LogP contribution in [0.15, 0.2) is 108 Å². The Kier molecular flexibility index (Phi) is 10.8. The molecule has 1 saturated carbocycles. The number of nitrogens with one attached hydrogen (secondary N) is 1. The maximum atomic E-state index is 14.8. The van der Waals surface area contributed by atoms with Crippen molar-refractivity contribution in [3.63, 3.8) is 0 Å². The molecule has 2 aliphatic rings. The second-order valence-corrected chi connectivity index (χ2v) is 14.6. The Morgan fingerprint density at radius 2 is 1.47 bits per heavy atom. The first-order chi connectivity index (χ1) is 23.8. The summed E-state index contributed by atoms with van der Waals surface area (Å²) in [5, 5.41) is 3.25. The highest BCUT2D eigenvalue weighted by molar-refractivity contribution is 7.92. The van der Waals surface area contributed by atoms with Gasteiger partial charge in [0.25, 0.3) is 10.0 Å². The topological polar surface area (TPSA) is 105 Å². The first-order valence-corrected chi connectivity index (χ1v) is 18.4. The molecule has 0 radical (unpaired) electrons. The Balaban J connectivity index is 1.40. The van der Waals surface area contributed by atoms with Crippen molar-refractivity contribution in [1.29, 1.82) is 0 Å². The third-order valence-corrected chi connectivity index (χ3v) is 10.9. The number of benzene rings is 4. The minimum absolute atomic E-state index is 0.0307. The van der Waals surface area contributed by atoms with Crippen LogP contribution in [0.2, 0.25) is 0 Å². The zero-order chi connectivity index (χ0) is 34.2. The van der Waals surface area contributed by atoms with E-state index in [1.54, 1.807) is 41.3 Å². The summed E-state index contributed by atoms with van der Waals surface area (Å²) in [6.07, 6.45) is 5.28. The number of anilines is 1. The van der Waals surface area contributed by atoms with Crippen molar-refractivity contribution in [1.82, 2.24) is 10.2 Å². The number of rotatable bonds is 12. The third-order valence-electron chi connectivity index (χ3n) is 9.08. The van der Waals surface area contributed by atoms with Gasteiger partial charge in [-0.15, -0.1) is 0 Å². The van der Waals surface area contributed by atoms with E-state index in [-0.39, 0.29) is 35.5 Å². The van der Waals surface area contributed by atoms with Crippen molar-refractivity contribution >= 4 is 27.5 Å². The van der Waals surface area contributed by atoms with Crippen molar-refractivity contribution in [2.45, 2.75) is 69.0 Å². The van der Waals surface area contributed by atoms with Crippen molar-refractivity contribution < 1.29 is 27.5 Å². The minimum Gasteiger partial charge on any atom is -0.486 e. The van der Waals surface area contributed by atoms with Gasteiger partial charge in [-0.3, -0.25) is 13.9 Å². The smallest absolute Gasteiger partial charge is 0.264 e. The van der Waals surface area contributed by atoms with E-state index < -0.39 is 28.5 Å². The average molecular weight is 682 g/mol. The van der Waals surface area contributed by atoms with E-state index in [1.807, 2.05) is 61.5 Å². The number of hydrogen-bond acceptors (Lipinski definition) is 6. The Bertz CT molecular complexity index is 1850. The number of carbonyl (C=O) groups excluding carboxylic acids is 2. The second-order valence-electron chi connectivity index (χ2n) is 12.7. The van der Waals surface area contributed by atoms with Crippen LogP contribution in [0.25, 0.3) is 0 Å². The number of carbonyl (C=O) groups is 2. The van der Waals surface area contributed by atoms with Crippen molar-refractivity contribution in [3.8, 4) is 11.5 Å². The van der Waals surface area contributed by atoms with Crippen LogP contribution < -0.4 is 19.1 Å². The quantitative estimate of drug-likeness (QED) is 0.195. The highest BCUT2D eigenvalue weighted by Gasteiger charge is 2.36. The molecule has 4 aromatic rings. The van der Waals surface area contributed by atoms with E-state index in [9.17, 15) is 18.0 Å². The lowest BCUT2D eigenvalue weighted by molar-refractivity contribution is -0.140. The largest absolute Gasteiger partial charge is 0.486 e. The SMILES string of the molecule is Cc1cccc(CN(C(=O)CN(c2ccc3c(c2)OCCO3)S(=O)(=O)c2ccccc2)[C@H](Cc2ccccc2)C(=O)NC2CCCCC2)c1. The summed E-state index contributed by atoms with van der Waals surface area (Å²) in [6, 6.07) is 29.5. The van der Waals surface area contributed by atoms with Crippen LogP contribution in [0.4, 0.5) is 5.69 Å². The van der Waals surface area contributed by atoms with Crippen LogP contribution in [0, 0.1) is 6.92 Å². The molecule has 0 bridgehead atoms. The monoisotopic (exact) mass is 681 g/mol. The molecule has 1 atom stereocenters. The van der Waals surface area contributed by atoms with E-state index >= 15 is 0 Å². The van der Waals surface area contributed by atoms with Crippen molar-refractivity contribution in [2.75, 3.05) is 24.1 Å². The number of hydrogen-bond donors (Lipinski definition) is 1. The van der Waals surface area contributed by atoms with Crippen molar-refractivity contribution in [3.05, 3.63) is 120 Å². The fourth-order valence-electron chi connectivity index (χ4n) is 6.54. The highest BCUT2D eigenvalue weighted by Crippen LogP contribution is 2.36. The van der Waals surface area contributed by atoms with Gasteiger partial charge in [-0.25, -0.2) is 8.42 Å². The van der Waals surface area contributed by atoms with Gasteiger partial charge in [-0.2, -0.15) is 0 Å². The van der Waals surface area contributed by atoms with Crippen LogP contribution in [-0.4, -0.2) is 57.0 Å². The van der Waals surface area contributed by atoms with Gasteiger partial charge in [0.2, 0.25) is 11.8 Å². The molecule has 9 nitrogen and oxygen atoms in total. The summed E-state index contributed by atoms with van der Waals surface area (Å²) in [5.41, 5.74) is 3.01. The van der Waals surface area contributed by atoms with Gasteiger partial charge in [0.05, 0.1) is 10.6 Å². The van der Waals surface area contributed by atoms with E-state index in [1.165, 1.54) is 12.1 Å². The van der Waals surface area contributed by atoms with Gasteiger partial charge in [0, 0.05) is 25.1 Å². The molecule has 1 aliphatic carbocycles. The average Bonchev–Trinajstić information content (AvgIpc) is 3.13. The molecule has 1 aliphatic heterocycles. The summed E-state index contributed by atoms with van der Waals surface area (Å²) in [7, 11) is -4.23. The normalized spacial score (nSPS) is 15.2. The molecule has 0 saturated heterocycles. The number of fused-ring (bicyclic) bond motifs is 1. The molecule has 0 unspecified atom stereocenters. The first-order valence-electron chi connectivity index (χ1n) is 16.9. The van der Waals surface area contributed by atoms with E-state index in [4.69, 9.17) is 9.47 Å². The standard InChI is InChI=1S/C39H43N3O6S/c1-29-12-11-15-31(24-29)27-41(35(25-30-13-5-2-6-14-30)39(44)40-32-16-7-3-8-17-32)38(43)28-42(49(45,46)34-18-9-4-10-19-34)33-20-21-36-37(26-33)48-23-22-47-36/h2,4-6,9-15,18-21,24,26,32,35H,3,7-8,16-17,22-23,25,27-28H2,1H3,(H,40,44)/t35-/m1/s1. The Morgan fingerprint density at radius 1 is 0.796 bits per heavy atom. The molecule has 256 valence electrons. The maximum absolute atomic E-state index is 14.8. The lowest BCUT2D eigenvalue weighted by atomic mass is 9.94. The molecule has 1 N–H and O–H groups in total. The second kappa shape index (κ2) is 15.6. The molecule has 6 rings (SSSR count). The summed E-state index contributed by atoms with van der Waals surface area (Å²) in [6.45, 7) is 2.27. The lowest BCUT2D eigenvalue weighted by Crippen LogP contribution is -2.55.